The number of aldehydes is 1. The Kier molecular flexibility index (Phi) is 5.03. The summed E-state index contributed by atoms with van der Waals surface area (Å²) in [4.78, 5) is 47.9. The molecular weight excluding hydrogens is 384 g/mol. The van der Waals surface area contributed by atoms with Crippen LogP contribution in [0.25, 0.3) is 0 Å². The predicted molar refractivity (Wildman–Crippen MR) is 92.3 cm³/mol. The Hall–Kier alpha value is -2.36. The zero-order chi connectivity index (χ0) is 19.0. The van der Waals surface area contributed by atoms with Gasteiger partial charge < -0.3 is 15.5 Å². The van der Waals surface area contributed by atoms with Crippen molar-refractivity contribution in [2.45, 2.75) is 17.5 Å². The molecule has 2 unspecified atom stereocenters. The lowest BCUT2D eigenvalue weighted by Crippen LogP contribution is -2.70. The smallest absolute Gasteiger partial charge is 0.353 e. The lowest BCUT2D eigenvalue weighted by atomic mass is 10.0. The Bertz CT molecular complexity index is 842. The molecule has 3 rings (SSSR count). The average Bonchev–Trinajstić information content (AvgIpc) is 2.64. The summed E-state index contributed by atoms with van der Waals surface area (Å²) in [6.07, 6.45) is -1.12. The summed E-state index contributed by atoms with van der Waals surface area (Å²) in [5.74, 6) is -2.60. The number of carboxylic acids is 1. The molecule has 1 saturated heterocycles. The number of benzene rings is 1. The quantitative estimate of drug-likeness (QED) is 0.488. The number of aliphatic hydroxyl groups excluding tert-OH is 1. The van der Waals surface area contributed by atoms with Crippen molar-refractivity contribution in [2.24, 2.45) is 0 Å². The first-order chi connectivity index (χ1) is 12.4. The van der Waals surface area contributed by atoms with Crippen LogP contribution in [-0.2, 0) is 14.4 Å². The molecule has 3 N–H and O–H groups in total. The zero-order valence-electron chi connectivity index (χ0n) is 13.1. The molecule has 1 fully saturated rings. The van der Waals surface area contributed by atoms with Crippen molar-refractivity contribution >= 4 is 47.4 Å². The molecule has 8 nitrogen and oxygen atoms in total. The largest absolute Gasteiger partial charge is 0.477 e. The summed E-state index contributed by atoms with van der Waals surface area (Å²) in [6.45, 7) is 0. The molecule has 2 aliphatic rings. The number of carbonyl (C=O) groups is 4. The fourth-order valence-electron chi connectivity index (χ4n) is 2.82. The van der Waals surface area contributed by atoms with Crippen LogP contribution in [0, 0.1) is 0 Å². The highest BCUT2D eigenvalue weighted by molar-refractivity contribution is 8.00. The highest BCUT2D eigenvalue weighted by Gasteiger charge is 2.54. The van der Waals surface area contributed by atoms with Gasteiger partial charge in [-0.1, -0.05) is 35.9 Å². The van der Waals surface area contributed by atoms with E-state index in [4.69, 9.17) is 11.6 Å². The number of nitrogens with one attached hydrogen (secondary N) is 1. The number of nitrogens with zero attached hydrogens (tertiary/aromatic N) is 1. The van der Waals surface area contributed by atoms with Crippen molar-refractivity contribution in [2.75, 3.05) is 5.75 Å². The van der Waals surface area contributed by atoms with Crippen LogP contribution >= 0.6 is 23.4 Å². The molecule has 0 aromatic heterocycles. The van der Waals surface area contributed by atoms with Gasteiger partial charge in [0.15, 0.2) is 6.10 Å². The highest BCUT2D eigenvalue weighted by atomic mass is 35.5. The number of aliphatic carboxylic acids is 1. The SMILES string of the molecule is O=Cc1ccccc1C(O)C(=O)NC1C(=O)N2C(C(=O)O)=C(Cl)CS[C@@H]12. The van der Waals surface area contributed by atoms with Crippen molar-refractivity contribution < 1.29 is 29.4 Å². The van der Waals surface area contributed by atoms with Crippen LogP contribution < -0.4 is 5.32 Å². The van der Waals surface area contributed by atoms with Crippen molar-refractivity contribution in [3.63, 3.8) is 0 Å². The molecule has 2 aliphatic heterocycles. The summed E-state index contributed by atoms with van der Waals surface area (Å²) in [5.41, 5.74) is -0.0153. The Labute approximate surface area is 156 Å². The minimum absolute atomic E-state index is 0.0526. The molecule has 26 heavy (non-hydrogen) atoms. The van der Waals surface area contributed by atoms with Crippen LogP contribution in [0.4, 0.5) is 0 Å². The number of hydrogen-bond acceptors (Lipinski definition) is 6. The lowest BCUT2D eigenvalue weighted by molar-refractivity contribution is -0.151. The van der Waals surface area contributed by atoms with E-state index in [1.54, 1.807) is 12.1 Å². The van der Waals surface area contributed by atoms with E-state index in [1.807, 2.05) is 0 Å². The zero-order valence-corrected chi connectivity index (χ0v) is 14.7. The Morgan fingerprint density at radius 2 is 2.08 bits per heavy atom. The van der Waals surface area contributed by atoms with E-state index in [0.29, 0.717) is 6.29 Å². The van der Waals surface area contributed by atoms with Gasteiger partial charge in [-0.3, -0.25) is 19.3 Å². The Morgan fingerprint density at radius 3 is 2.73 bits per heavy atom. The monoisotopic (exact) mass is 396 g/mol. The van der Waals surface area contributed by atoms with Gasteiger partial charge >= 0.3 is 5.97 Å². The van der Waals surface area contributed by atoms with Gasteiger partial charge in [0, 0.05) is 16.9 Å². The fourth-order valence-corrected chi connectivity index (χ4v) is 4.37. The molecule has 0 radical (unpaired) electrons. The molecule has 10 heteroatoms. The van der Waals surface area contributed by atoms with Crippen LogP contribution in [-0.4, -0.2) is 56.4 Å². The van der Waals surface area contributed by atoms with E-state index >= 15 is 0 Å². The Morgan fingerprint density at radius 1 is 1.38 bits per heavy atom. The van der Waals surface area contributed by atoms with Crippen molar-refractivity contribution in [3.05, 3.63) is 46.1 Å². The summed E-state index contributed by atoms with van der Waals surface area (Å²) in [5, 5.41) is 21.3. The predicted octanol–water partition coefficient (Wildman–Crippen LogP) is 0.467. The van der Waals surface area contributed by atoms with E-state index in [0.717, 1.165) is 4.90 Å². The normalized spacial score (nSPS) is 23.0. The number of hydrogen-bond donors (Lipinski definition) is 3. The average molecular weight is 397 g/mol. The van der Waals surface area contributed by atoms with Crippen molar-refractivity contribution in [1.82, 2.24) is 10.2 Å². The number of halogens is 1. The third kappa shape index (κ3) is 2.98. The van der Waals surface area contributed by atoms with Gasteiger partial charge in [-0.05, 0) is 0 Å². The van der Waals surface area contributed by atoms with E-state index < -0.39 is 35.3 Å². The maximum Gasteiger partial charge on any atom is 0.353 e. The lowest BCUT2D eigenvalue weighted by Gasteiger charge is -2.48. The van der Waals surface area contributed by atoms with Crippen LogP contribution in [0.1, 0.15) is 22.0 Å². The number of carbonyl (C=O) groups excluding carboxylic acids is 3. The number of β-lactam (4-membered cyclic amide) rings is 1. The van der Waals surface area contributed by atoms with Crippen LogP contribution in [0.3, 0.4) is 0 Å². The van der Waals surface area contributed by atoms with Crippen LogP contribution in [0.5, 0.6) is 0 Å². The Balaban J connectivity index is 1.75. The molecular formula is C16H13ClN2O6S. The number of carboxylic acid groups (broad SMARTS) is 1. The summed E-state index contributed by atoms with van der Waals surface area (Å²) in [7, 11) is 0. The molecule has 0 spiro atoms. The van der Waals surface area contributed by atoms with Crippen LogP contribution in [0.15, 0.2) is 35.0 Å². The molecule has 136 valence electrons. The minimum atomic E-state index is -1.63. The van der Waals surface area contributed by atoms with Crippen LogP contribution in [0.2, 0.25) is 0 Å². The molecule has 0 aliphatic carbocycles. The van der Waals surface area contributed by atoms with E-state index in [2.05, 4.69) is 5.32 Å². The van der Waals surface area contributed by atoms with Gasteiger partial charge in [-0.15, -0.1) is 11.8 Å². The first-order valence-corrected chi connectivity index (χ1v) is 8.88. The van der Waals surface area contributed by atoms with E-state index in [-0.39, 0.29) is 27.6 Å². The number of aliphatic hydroxyl groups is 1. The number of fused-ring (bicyclic) bond motifs is 1. The molecule has 2 heterocycles. The summed E-state index contributed by atoms with van der Waals surface area (Å²) >= 11 is 7.09. The number of amides is 2. The van der Waals surface area contributed by atoms with Gasteiger partial charge in [0.2, 0.25) is 0 Å². The molecule has 3 atom stereocenters. The number of rotatable bonds is 5. The fraction of sp³-hybridized carbons (Fsp3) is 0.250. The molecule has 2 amide bonds. The third-order valence-electron chi connectivity index (χ3n) is 4.09. The maximum atomic E-state index is 12.3. The molecule has 0 bridgehead atoms. The van der Waals surface area contributed by atoms with Gasteiger partial charge in [0.1, 0.15) is 23.4 Å². The standard InChI is InChI=1S/C16H13ClN2O6S/c17-9-6-26-15-10(14(23)19(15)11(9)16(24)25)18-13(22)12(21)8-4-2-1-3-7(8)5-20/h1-5,10,12,15,21H,6H2,(H,18,22)(H,24,25)/t10?,12?,15-/m0/s1. The minimum Gasteiger partial charge on any atom is -0.477 e. The van der Waals surface area contributed by atoms with Crippen molar-refractivity contribution in [3.8, 4) is 0 Å². The number of thioether (sulfide) groups is 1. The van der Waals surface area contributed by atoms with Gasteiger partial charge in [-0.2, -0.15) is 0 Å². The van der Waals surface area contributed by atoms with Gasteiger partial charge in [0.05, 0.1) is 5.03 Å². The second-order valence-corrected chi connectivity index (χ2v) is 7.17. The molecule has 0 saturated carbocycles. The maximum absolute atomic E-state index is 12.3. The second-order valence-electron chi connectivity index (χ2n) is 5.60. The summed E-state index contributed by atoms with van der Waals surface area (Å²) in [6, 6.07) is 5.07. The third-order valence-corrected chi connectivity index (χ3v) is 5.84. The van der Waals surface area contributed by atoms with Gasteiger partial charge in [-0.25, -0.2) is 4.79 Å². The molecule has 1 aromatic carbocycles. The second kappa shape index (κ2) is 7.10. The topological polar surface area (TPSA) is 124 Å². The van der Waals surface area contributed by atoms with Crippen molar-refractivity contribution in [1.29, 1.82) is 0 Å². The van der Waals surface area contributed by atoms with E-state index in [9.17, 15) is 29.4 Å². The molecule has 1 aromatic rings. The van der Waals surface area contributed by atoms with Gasteiger partial charge in [0.25, 0.3) is 11.8 Å². The highest BCUT2D eigenvalue weighted by Crippen LogP contribution is 2.41. The van der Waals surface area contributed by atoms with E-state index in [1.165, 1.54) is 23.9 Å². The summed E-state index contributed by atoms with van der Waals surface area (Å²) < 4.78 is 0. The first-order valence-electron chi connectivity index (χ1n) is 7.46. The first kappa shape index (κ1) is 18.4.